The smallest absolute Gasteiger partial charge is 0.119 e. The molecule has 1 N–H and O–H groups in total. The summed E-state index contributed by atoms with van der Waals surface area (Å²) in [4.78, 5) is 0. The molecule has 3 nitrogen and oxygen atoms in total. The Balaban J connectivity index is 1.81. The van der Waals surface area contributed by atoms with Crippen molar-refractivity contribution in [2.24, 2.45) is 0 Å². The van der Waals surface area contributed by atoms with Crippen LogP contribution < -0.4 is 14.8 Å². The van der Waals surface area contributed by atoms with Gasteiger partial charge >= 0.3 is 0 Å². The van der Waals surface area contributed by atoms with E-state index in [1.165, 1.54) is 11.1 Å². The van der Waals surface area contributed by atoms with Gasteiger partial charge in [0.25, 0.3) is 0 Å². The summed E-state index contributed by atoms with van der Waals surface area (Å²) in [5.41, 5.74) is 2.50. The Bertz CT molecular complexity index is 570. The molecule has 0 fully saturated rings. The Morgan fingerprint density at radius 3 is 2.29 bits per heavy atom. The number of benzene rings is 2. The number of ether oxygens (including phenoxy) is 2. The first kappa shape index (κ1) is 15.9. The fourth-order valence-electron chi connectivity index (χ4n) is 2.06. The fourth-order valence-corrected chi connectivity index (χ4v) is 2.45. The number of nitrogens with one attached hydrogen (secondary N) is 1. The zero-order valence-electron chi connectivity index (χ0n) is 12.4. The normalized spacial score (nSPS) is 10.4. The SMILES string of the molecule is COc1ccc(CCNCc2cc(OC)ccc2Br)cc1. The molecule has 2 rings (SSSR count). The highest BCUT2D eigenvalue weighted by molar-refractivity contribution is 9.10. The van der Waals surface area contributed by atoms with E-state index in [2.05, 4.69) is 33.4 Å². The van der Waals surface area contributed by atoms with Crippen LogP contribution in [0.2, 0.25) is 0 Å². The summed E-state index contributed by atoms with van der Waals surface area (Å²) >= 11 is 3.56. The number of hydrogen-bond donors (Lipinski definition) is 1. The molecule has 0 bridgehead atoms. The third-order valence-corrected chi connectivity index (χ3v) is 4.09. The van der Waals surface area contributed by atoms with Crippen molar-refractivity contribution in [2.45, 2.75) is 13.0 Å². The van der Waals surface area contributed by atoms with Gasteiger partial charge in [-0.2, -0.15) is 0 Å². The van der Waals surface area contributed by atoms with Gasteiger partial charge in [0.15, 0.2) is 0 Å². The highest BCUT2D eigenvalue weighted by Gasteiger charge is 2.02. The fraction of sp³-hybridized carbons (Fsp3) is 0.294. The highest BCUT2D eigenvalue weighted by Crippen LogP contribution is 2.22. The highest BCUT2D eigenvalue weighted by atomic mass is 79.9. The maximum absolute atomic E-state index is 5.25. The third-order valence-electron chi connectivity index (χ3n) is 3.32. The van der Waals surface area contributed by atoms with Crippen molar-refractivity contribution in [1.29, 1.82) is 0 Å². The van der Waals surface area contributed by atoms with E-state index in [1.807, 2.05) is 30.3 Å². The number of halogens is 1. The summed E-state index contributed by atoms with van der Waals surface area (Å²) < 4.78 is 11.5. The van der Waals surface area contributed by atoms with Gasteiger partial charge in [0.05, 0.1) is 14.2 Å². The summed E-state index contributed by atoms with van der Waals surface area (Å²) in [6.45, 7) is 1.74. The Kier molecular flexibility index (Phi) is 6.08. The quantitative estimate of drug-likeness (QED) is 0.771. The van der Waals surface area contributed by atoms with E-state index in [-0.39, 0.29) is 0 Å². The van der Waals surface area contributed by atoms with Gasteiger partial charge in [-0.3, -0.25) is 0 Å². The zero-order valence-corrected chi connectivity index (χ0v) is 13.9. The van der Waals surface area contributed by atoms with Crippen LogP contribution in [0.25, 0.3) is 0 Å². The zero-order chi connectivity index (χ0) is 15.1. The summed E-state index contributed by atoms with van der Waals surface area (Å²) in [6.07, 6.45) is 0.992. The third kappa shape index (κ3) is 4.76. The first-order chi connectivity index (χ1) is 10.2. The number of methoxy groups -OCH3 is 2. The Labute approximate surface area is 134 Å². The van der Waals surface area contributed by atoms with Crippen LogP contribution in [0.5, 0.6) is 11.5 Å². The van der Waals surface area contributed by atoms with Gasteiger partial charge in [0, 0.05) is 11.0 Å². The largest absolute Gasteiger partial charge is 0.497 e. The van der Waals surface area contributed by atoms with Crippen LogP contribution in [0, 0.1) is 0 Å². The topological polar surface area (TPSA) is 30.5 Å². The van der Waals surface area contributed by atoms with Crippen molar-refractivity contribution < 1.29 is 9.47 Å². The lowest BCUT2D eigenvalue weighted by Gasteiger charge is -2.09. The average Bonchev–Trinajstić information content (AvgIpc) is 2.53. The van der Waals surface area contributed by atoms with Crippen molar-refractivity contribution in [2.75, 3.05) is 20.8 Å². The van der Waals surface area contributed by atoms with Crippen molar-refractivity contribution in [3.05, 3.63) is 58.1 Å². The number of rotatable bonds is 7. The minimum atomic E-state index is 0.813. The predicted octanol–water partition coefficient (Wildman–Crippen LogP) is 3.80. The summed E-state index contributed by atoms with van der Waals surface area (Å²) in [5.74, 6) is 1.78. The molecule has 0 aliphatic heterocycles. The van der Waals surface area contributed by atoms with E-state index in [1.54, 1.807) is 14.2 Å². The number of hydrogen-bond acceptors (Lipinski definition) is 3. The van der Waals surface area contributed by atoms with E-state index in [0.29, 0.717) is 0 Å². The predicted molar refractivity (Wildman–Crippen MR) is 89.1 cm³/mol. The molecule has 2 aromatic carbocycles. The lowest BCUT2D eigenvalue weighted by atomic mass is 10.1. The van der Waals surface area contributed by atoms with Gasteiger partial charge in [0.2, 0.25) is 0 Å². The Morgan fingerprint density at radius 1 is 0.952 bits per heavy atom. The van der Waals surface area contributed by atoms with Crippen LogP contribution in [-0.4, -0.2) is 20.8 Å². The summed E-state index contributed by atoms with van der Waals surface area (Å²) in [6, 6.07) is 14.2. The molecule has 21 heavy (non-hydrogen) atoms. The van der Waals surface area contributed by atoms with Crippen molar-refractivity contribution in [1.82, 2.24) is 5.32 Å². The molecule has 0 saturated carbocycles. The van der Waals surface area contributed by atoms with Crippen LogP contribution in [0.3, 0.4) is 0 Å². The van der Waals surface area contributed by atoms with E-state index < -0.39 is 0 Å². The van der Waals surface area contributed by atoms with Gasteiger partial charge < -0.3 is 14.8 Å². The molecule has 0 aliphatic carbocycles. The lowest BCUT2D eigenvalue weighted by Crippen LogP contribution is -2.17. The molecule has 112 valence electrons. The minimum Gasteiger partial charge on any atom is -0.497 e. The van der Waals surface area contributed by atoms with Crippen molar-refractivity contribution >= 4 is 15.9 Å². The molecule has 0 aromatic heterocycles. The van der Waals surface area contributed by atoms with E-state index in [4.69, 9.17) is 9.47 Å². The van der Waals surface area contributed by atoms with Gasteiger partial charge in [-0.25, -0.2) is 0 Å². The van der Waals surface area contributed by atoms with Gasteiger partial charge in [-0.05, 0) is 54.4 Å². The Hall–Kier alpha value is -1.52. The summed E-state index contributed by atoms with van der Waals surface area (Å²) in [7, 11) is 3.37. The molecule has 0 heterocycles. The van der Waals surface area contributed by atoms with Gasteiger partial charge in [0.1, 0.15) is 11.5 Å². The maximum Gasteiger partial charge on any atom is 0.119 e. The second-order valence-corrected chi connectivity index (χ2v) is 5.59. The van der Waals surface area contributed by atoms with Crippen molar-refractivity contribution in [3.63, 3.8) is 0 Å². The summed E-state index contributed by atoms with van der Waals surface area (Å²) in [5, 5.41) is 3.45. The van der Waals surface area contributed by atoms with E-state index in [9.17, 15) is 0 Å². The van der Waals surface area contributed by atoms with Crippen LogP contribution >= 0.6 is 15.9 Å². The lowest BCUT2D eigenvalue weighted by molar-refractivity contribution is 0.414. The average molecular weight is 350 g/mol. The first-order valence-corrected chi connectivity index (χ1v) is 7.68. The second kappa shape index (κ2) is 8.05. The van der Waals surface area contributed by atoms with Crippen LogP contribution in [0.4, 0.5) is 0 Å². The van der Waals surface area contributed by atoms with E-state index in [0.717, 1.165) is 35.5 Å². The Morgan fingerprint density at radius 2 is 1.62 bits per heavy atom. The monoisotopic (exact) mass is 349 g/mol. The molecule has 0 spiro atoms. The molecule has 0 amide bonds. The molecular weight excluding hydrogens is 330 g/mol. The van der Waals surface area contributed by atoms with Gasteiger partial charge in [-0.1, -0.05) is 28.1 Å². The molecule has 0 saturated heterocycles. The van der Waals surface area contributed by atoms with E-state index >= 15 is 0 Å². The first-order valence-electron chi connectivity index (χ1n) is 6.89. The van der Waals surface area contributed by atoms with Crippen molar-refractivity contribution in [3.8, 4) is 11.5 Å². The minimum absolute atomic E-state index is 0.813. The van der Waals surface area contributed by atoms with Crippen LogP contribution in [-0.2, 0) is 13.0 Å². The standard InChI is InChI=1S/C17H20BrNO2/c1-20-15-5-3-13(4-6-15)9-10-19-12-14-11-16(21-2)7-8-17(14)18/h3-8,11,19H,9-10,12H2,1-2H3. The molecule has 2 aromatic rings. The molecule has 4 heteroatoms. The van der Waals surface area contributed by atoms with Crippen LogP contribution in [0.1, 0.15) is 11.1 Å². The second-order valence-electron chi connectivity index (χ2n) is 4.73. The maximum atomic E-state index is 5.25. The van der Waals surface area contributed by atoms with Gasteiger partial charge in [-0.15, -0.1) is 0 Å². The van der Waals surface area contributed by atoms with Crippen LogP contribution in [0.15, 0.2) is 46.9 Å². The molecule has 0 radical (unpaired) electrons. The molecule has 0 unspecified atom stereocenters. The molecular formula is C17H20BrNO2. The molecule has 0 aliphatic rings. The molecule has 0 atom stereocenters.